The van der Waals surface area contributed by atoms with Gasteiger partial charge in [0.25, 0.3) is 5.22 Å². The zero-order valence-electron chi connectivity index (χ0n) is 67.9. The minimum atomic E-state index is -0.249. The van der Waals surface area contributed by atoms with Gasteiger partial charge in [-0.3, -0.25) is 26.4 Å². The Morgan fingerprint density at radius 2 is 1.10 bits per heavy atom. The first-order valence-corrected chi connectivity index (χ1v) is 48.6. The Morgan fingerprint density at radius 3 is 1.81 bits per heavy atom. The molecule has 0 N–H and O–H groups in total. The van der Waals surface area contributed by atoms with Gasteiger partial charge in [0.05, 0.1) is 47.8 Å². The highest BCUT2D eigenvalue weighted by molar-refractivity contribution is 7.98. The number of hydrogen-bond acceptors (Lipinski definition) is 20. The zero-order valence-corrected chi connectivity index (χ0v) is 76.0. The molecule has 124 heavy (non-hydrogen) atoms. The molecule has 0 spiro atoms. The van der Waals surface area contributed by atoms with Crippen molar-refractivity contribution in [1.82, 2.24) is 76.1 Å². The van der Waals surface area contributed by atoms with Crippen LogP contribution >= 0.6 is 115 Å². The number of para-hydroxylation sites is 2. The van der Waals surface area contributed by atoms with Crippen molar-refractivity contribution in [2.75, 3.05) is 7.11 Å². The number of thioether (sulfide) groups is 3. The maximum absolute atomic E-state index is 12.9. The molecule has 0 saturated heterocycles. The summed E-state index contributed by atoms with van der Waals surface area (Å²) in [6.45, 7) is 9.17. The second kappa shape index (κ2) is 38.7. The summed E-state index contributed by atoms with van der Waals surface area (Å²) in [5, 5.41) is 16.0. The first-order valence-electron chi connectivity index (χ1n) is 39.9. The van der Waals surface area contributed by atoms with Gasteiger partial charge >= 0.3 is 0 Å². The molecule has 0 bridgehead atoms. The van der Waals surface area contributed by atoms with Crippen molar-refractivity contribution in [2.45, 2.75) is 93.1 Å². The highest BCUT2D eigenvalue weighted by Crippen LogP contribution is 2.37. The lowest BCUT2D eigenvalue weighted by Gasteiger charge is -2.09. The van der Waals surface area contributed by atoms with Crippen molar-refractivity contribution in [3.8, 4) is 62.3 Å². The number of benzene rings is 8. The summed E-state index contributed by atoms with van der Waals surface area (Å²) in [6, 6.07) is 66.3. The maximum Gasteiger partial charge on any atom is 0.257 e. The number of nitrogens with zero attached hydrogens (tertiary/aromatic N) is 16. The van der Waals surface area contributed by atoms with Crippen molar-refractivity contribution in [3.05, 3.63) is 355 Å². The smallest absolute Gasteiger partial charge is 0.257 e. The Hall–Kier alpha value is -11.5. The van der Waals surface area contributed by atoms with Crippen LogP contribution in [0.3, 0.4) is 0 Å². The number of imidazole rings is 6. The van der Waals surface area contributed by atoms with Gasteiger partial charge in [-0.25, -0.2) is 48.9 Å². The Morgan fingerprint density at radius 1 is 0.484 bits per heavy atom. The number of ether oxygens (including phenoxy) is 1. The standard InChI is InChI=1S/C16H16N2OS.C15H10FN3.C14H14N2S2.C13H8ClN3OS2.C13H12N2S2.2C12H10N2S/c1-19-12-8-6-11(7-9-12)13-10-18-14-4-2-3-5-15(14)20-16(18)17-13;16-12-7-5-10(6-8-12)14-17-15-13-4-2-1-3-11(13)9-19(15)18-14;1-10-3-5-13(6-4-10)17-9-12-7-16-11(2)8-18-14(16)15-12;14-11-9(15-12-17(11)5-6-19-12)7-20-13-16-8-3-1-2-4-10(8)18-13;1-2-4-11(5-3-1)9-16-10-12-8-15-6-7-17-13(15)14-12;1-9-2-4-10(5-3-9)11-8-14-6-7-15-12(14)13-11;1-9-3-2-4-10(7-9)11-8-14-5-6-15-12(14)13-11/h6-10H,2-5H2,1H3;1-8H,9H2;3-8H,9H2,1-2H3;1-6H,7H2;1-8H,9-10H2;2*2-8H,1H3. The second-order valence-electron chi connectivity index (χ2n) is 29.2. The van der Waals surface area contributed by atoms with E-state index in [9.17, 15) is 4.39 Å². The molecule has 14 aromatic heterocycles. The van der Waals surface area contributed by atoms with Gasteiger partial charge in [-0.2, -0.15) is 16.9 Å². The van der Waals surface area contributed by atoms with Gasteiger partial charge in [0.2, 0.25) is 0 Å². The highest BCUT2D eigenvalue weighted by Gasteiger charge is 2.24. The van der Waals surface area contributed by atoms with Crippen LogP contribution in [-0.4, -0.2) is 83.2 Å². The molecule has 15 heterocycles. The molecule has 0 amide bonds. The fourth-order valence-corrected chi connectivity index (χ4v) is 21.7. The van der Waals surface area contributed by atoms with Crippen molar-refractivity contribution in [2.24, 2.45) is 0 Å². The summed E-state index contributed by atoms with van der Waals surface area (Å²) in [5.41, 5.74) is 22.6. The quantitative estimate of drug-likeness (QED) is 0.0888. The molecule has 29 heteroatoms. The molecule has 18 nitrogen and oxygen atoms in total. The summed E-state index contributed by atoms with van der Waals surface area (Å²) in [5.74, 6) is 5.75. The number of thiazole rings is 6. The Bertz CT molecular complexity index is 7180. The number of aromatic nitrogens is 16. The van der Waals surface area contributed by atoms with E-state index in [1.807, 2.05) is 127 Å². The predicted molar refractivity (Wildman–Crippen MR) is 513 cm³/mol. The third kappa shape index (κ3) is 19.8. The molecule has 0 fully saturated rings. The molecule has 1 aliphatic heterocycles. The number of rotatable bonds is 15. The van der Waals surface area contributed by atoms with Crippen molar-refractivity contribution >= 4 is 156 Å². The van der Waals surface area contributed by atoms with Gasteiger partial charge in [0.1, 0.15) is 22.2 Å². The minimum Gasteiger partial charge on any atom is -0.497 e. The topological polar surface area (TPSA) is 170 Å². The normalized spacial score (nSPS) is 11.9. The SMILES string of the molecule is COc1ccc(-c2cn3c4c(sc3n2)CCCC4)cc1.Cc1ccc(-c2cn3ccsc3n2)cc1.Cc1ccc(SCc2cn3c(C)csc3n2)cc1.Cc1cccc(-c2cn3ccsc3n2)c1.Clc1c(CSc2nc3ccccc3o2)nc2sccn12.Fc1ccc(-c2nc3n(n2)Cc2ccccc2-3)cc1.c1ccc(CSCc2cn3ccsc3n2)cc1. The summed E-state index contributed by atoms with van der Waals surface area (Å²) in [4.78, 5) is 45.7. The number of halogens is 2. The van der Waals surface area contributed by atoms with Gasteiger partial charge in [0.15, 0.2) is 47.0 Å². The summed E-state index contributed by atoms with van der Waals surface area (Å²) in [6.07, 6.45) is 23.6. The van der Waals surface area contributed by atoms with Crippen LogP contribution in [-0.2, 0) is 42.4 Å². The minimum absolute atomic E-state index is 0.249. The molecule has 8 aromatic carbocycles. The Labute approximate surface area is 756 Å². The van der Waals surface area contributed by atoms with E-state index in [0.717, 1.165) is 127 Å². The van der Waals surface area contributed by atoms with Crippen molar-refractivity contribution in [3.63, 3.8) is 0 Å². The molecule has 24 rings (SSSR count). The Balaban J connectivity index is 0.0000000987. The first kappa shape index (κ1) is 83.4. The van der Waals surface area contributed by atoms with E-state index in [2.05, 4.69) is 265 Å². The van der Waals surface area contributed by atoms with Crippen molar-refractivity contribution in [1.29, 1.82) is 0 Å². The molecule has 0 saturated carbocycles. The van der Waals surface area contributed by atoms with Crippen LogP contribution in [0.4, 0.5) is 4.39 Å². The fraction of sp³-hybridized carbons (Fsp3) is 0.147. The monoisotopic (exact) mass is 1820 g/mol. The van der Waals surface area contributed by atoms with E-state index in [1.54, 1.807) is 75.9 Å². The molecule has 2 aliphatic rings. The molecular weight excluding hydrogens is 1740 g/mol. The predicted octanol–water partition coefficient (Wildman–Crippen LogP) is 26.4. The number of aryl methyl sites for hydroxylation is 6. The van der Waals surface area contributed by atoms with Gasteiger partial charge in [-0.05, 0) is 143 Å². The average molecular weight is 1820 g/mol. The number of oxazole rings is 1. The van der Waals surface area contributed by atoms with Crippen LogP contribution < -0.4 is 4.74 Å². The van der Waals surface area contributed by atoms with Crippen LogP contribution in [0.25, 0.3) is 97.4 Å². The molecule has 0 unspecified atom stereocenters. The third-order valence-electron chi connectivity index (χ3n) is 20.4. The molecular formula is C95H80ClFN16O2S9. The summed E-state index contributed by atoms with van der Waals surface area (Å²) >= 11 is 21.6. The summed E-state index contributed by atoms with van der Waals surface area (Å²) < 4.78 is 38.2. The fourth-order valence-electron chi connectivity index (χ4n) is 14.0. The Kier molecular flexibility index (Phi) is 26.0. The summed E-state index contributed by atoms with van der Waals surface area (Å²) in [7, 11) is 1.69. The van der Waals surface area contributed by atoms with Gasteiger partial charge in [0, 0.05) is 155 Å². The molecule has 0 radical (unpaired) electrons. The highest BCUT2D eigenvalue weighted by atomic mass is 35.5. The molecule has 0 atom stereocenters. The van der Waals surface area contributed by atoms with Gasteiger partial charge < -0.3 is 9.15 Å². The lowest BCUT2D eigenvalue weighted by molar-refractivity contribution is 0.415. The zero-order chi connectivity index (χ0) is 84.4. The van der Waals surface area contributed by atoms with E-state index in [1.165, 1.54) is 110 Å². The van der Waals surface area contributed by atoms with Gasteiger partial charge in [-0.15, -0.1) is 79.8 Å². The van der Waals surface area contributed by atoms with Crippen LogP contribution in [0.2, 0.25) is 5.15 Å². The maximum atomic E-state index is 12.9. The van der Waals surface area contributed by atoms with E-state index >= 15 is 0 Å². The average Bonchev–Trinajstić information content (AvgIpc) is 1.62. The lowest BCUT2D eigenvalue weighted by atomic mass is 10.0. The van der Waals surface area contributed by atoms with Crippen molar-refractivity contribution < 1.29 is 13.5 Å². The largest absolute Gasteiger partial charge is 0.497 e. The van der Waals surface area contributed by atoms with E-state index < -0.39 is 0 Å². The van der Waals surface area contributed by atoms with E-state index in [0.29, 0.717) is 22.0 Å². The number of fused-ring (bicyclic) bond motifs is 12. The first-order chi connectivity index (χ1) is 60.8. The van der Waals surface area contributed by atoms with E-state index in [-0.39, 0.29) is 5.82 Å². The van der Waals surface area contributed by atoms with Crippen LogP contribution in [0.5, 0.6) is 5.75 Å². The number of methoxy groups -OCH3 is 1. The van der Waals surface area contributed by atoms with Crippen LogP contribution in [0, 0.1) is 33.5 Å². The molecule has 1 aliphatic carbocycles. The van der Waals surface area contributed by atoms with Crippen LogP contribution in [0.15, 0.2) is 297 Å². The van der Waals surface area contributed by atoms with E-state index in [4.69, 9.17) is 25.7 Å². The van der Waals surface area contributed by atoms with Gasteiger partial charge in [-0.1, -0.05) is 161 Å². The lowest BCUT2D eigenvalue weighted by Crippen LogP contribution is -2.01. The van der Waals surface area contributed by atoms with Crippen LogP contribution in [0.1, 0.15) is 74.0 Å². The second-order valence-corrected chi connectivity index (χ2v) is 38.0. The molecule has 22 aromatic rings. The number of hydrogen-bond donors (Lipinski definition) is 0. The third-order valence-corrected chi connectivity index (χ3v) is 28.9. The molecule has 620 valence electrons.